The standard InChI is InChI=1S/C15H27NO2S/c1-3-18-14(17)12-15(8-7-11-19-13(15)2)16-9-5-4-6-10-16/h13H,3-12H2,1-2H3. The molecule has 0 aromatic carbocycles. The van der Waals surface area contributed by atoms with Gasteiger partial charge in [0.2, 0.25) is 0 Å². The lowest BCUT2D eigenvalue weighted by atomic mass is 9.82. The van der Waals surface area contributed by atoms with Crippen LogP contribution in [0.3, 0.4) is 0 Å². The van der Waals surface area contributed by atoms with Crippen molar-refractivity contribution >= 4 is 17.7 Å². The highest BCUT2D eigenvalue weighted by molar-refractivity contribution is 8.00. The topological polar surface area (TPSA) is 29.5 Å². The van der Waals surface area contributed by atoms with Gasteiger partial charge in [0.05, 0.1) is 13.0 Å². The third-order valence-corrected chi connectivity index (χ3v) is 6.08. The van der Waals surface area contributed by atoms with Gasteiger partial charge in [-0.2, -0.15) is 11.8 Å². The molecule has 0 saturated carbocycles. The van der Waals surface area contributed by atoms with Crippen molar-refractivity contribution in [3.63, 3.8) is 0 Å². The molecule has 3 nitrogen and oxygen atoms in total. The summed E-state index contributed by atoms with van der Waals surface area (Å²) in [5.74, 6) is 1.22. The molecule has 2 saturated heterocycles. The quantitative estimate of drug-likeness (QED) is 0.742. The van der Waals surface area contributed by atoms with E-state index in [0.717, 1.165) is 19.5 Å². The van der Waals surface area contributed by atoms with Crippen LogP contribution in [0.1, 0.15) is 52.4 Å². The molecular formula is C15H27NO2S. The Labute approximate surface area is 121 Å². The molecule has 0 aliphatic carbocycles. The lowest BCUT2D eigenvalue weighted by molar-refractivity contribution is -0.147. The van der Waals surface area contributed by atoms with Crippen molar-refractivity contribution in [2.24, 2.45) is 0 Å². The molecule has 2 heterocycles. The maximum atomic E-state index is 12.0. The molecule has 4 heteroatoms. The molecule has 110 valence electrons. The molecule has 0 radical (unpaired) electrons. The van der Waals surface area contributed by atoms with Gasteiger partial charge in [-0.1, -0.05) is 13.3 Å². The molecular weight excluding hydrogens is 258 g/mol. The molecule has 2 aliphatic rings. The average Bonchev–Trinajstić information content (AvgIpc) is 2.43. The Morgan fingerprint density at radius 3 is 2.68 bits per heavy atom. The second kappa shape index (κ2) is 6.98. The third-order valence-electron chi connectivity index (χ3n) is 4.62. The summed E-state index contributed by atoms with van der Waals surface area (Å²) < 4.78 is 5.23. The fourth-order valence-corrected chi connectivity index (χ4v) is 4.88. The summed E-state index contributed by atoms with van der Waals surface area (Å²) >= 11 is 2.03. The molecule has 0 N–H and O–H groups in total. The van der Waals surface area contributed by atoms with Crippen LogP contribution in [0, 0.1) is 0 Å². The molecule has 2 aliphatic heterocycles. The molecule has 0 amide bonds. The van der Waals surface area contributed by atoms with Gasteiger partial charge in [-0.15, -0.1) is 0 Å². The maximum absolute atomic E-state index is 12.0. The Kier molecular flexibility index (Phi) is 5.58. The first-order valence-electron chi connectivity index (χ1n) is 7.71. The van der Waals surface area contributed by atoms with Crippen molar-refractivity contribution in [3.05, 3.63) is 0 Å². The van der Waals surface area contributed by atoms with E-state index in [9.17, 15) is 4.79 Å². The molecule has 2 atom stereocenters. The highest BCUT2D eigenvalue weighted by Gasteiger charge is 2.45. The number of likely N-dealkylation sites (tertiary alicyclic amines) is 1. The number of ether oxygens (including phenoxy) is 1. The average molecular weight is 285 g/mol. The van der Waals surface area contributed by atoms with Crippen molar-refractivity contribution in [1.82, 2.24) is 4.90 Å². The summed E-state index contributed by atoms with van der Waals surface area (Å²) in [5, 5.41) is 0.531. The summed E-state index contributed by atoms with van der Waals surface area (Å²) in [6.45, 7) is 7.01. The van der Waals surface area contributed by atoms with Crippen LogP contribution in [0.5, 0.6) is 0 Å². The molecule has 2 fully saturated rings. The van der Waals surface area contributed by atoms with E-state index >= 15 is 0 Å². The first-order valence-corrected chi connectivity index (χ1v) is 8.76. The second-order valence-corrected chi connectivity index (χ2v) is 7.20. The lowest BCUT2D eigenvalue weighted by Crippen LogP contribution is -2.59. The smallest absolute Gasteiger partial charge is 0.307 e. The van der Waals surface area contributed by atoms with Crippen LogP contribution in [0.25, 0.3) is 0 Å². The fourth-order valence-electron chi connectivity index (χ4n) is 3.56. The number of rotatable bonds is 4. The summed E-state index contributed by atoms with van der Waals surface area (Å²) in [6.07, 6.45) is 6.86. The zero-order chi connectivity index (χ0) is 13.7. The van der Waals surface area contributed by atoms with E-state index in [1.165, 1.54) is 31.4 Å². The van der Waals surface area contributed by atoms with Gasteiger partial charge in [-0.3, -0.25) is 9.69 Å². The predicted octanol–water partition coefficient (Wildman–Crippen LogP) is 3.08. The van der Waals surface area contributed by atoms with Crippen LogP contribution in [0.4, 0.5) is 0 Å². The van der Waals surface area contributed by atoms with Gasteiger partial charge in [0.25, 0.3) is 0 Å². The van der Waals surface area contributed by atoms with E-state index in [4.69, 9.17) is 4.74 Å². The van der Waals surface area contributed by atoms with Crippen LogP contribution in [-0.4, -0.2) is 47.1 Å². The number of esters is 1. The van der Waals surface area contributed by atoms with Gasteiger partial charge in [-0.05, 0) is 51.4 Å². The number of nitrogens with zero attached hydrogens (tertiary/aromatic N) is 1. The van der Waals surface area contributed by atoms with Gasteiger partial charge >= 0.3 is 5.97 Å². The molecule has 0 aromatic rings. The number of piperidine rings is 1. The molecule has 0 aromatic heterocycles. The molecule has 2 unspecified atom stereocenters. The Bertz CT molecular complexity index is 305. The minimum absolute atomic E-state index is 0.0116. The van der Waals surface area contributed by atoms with E-state index in [2.05, 4.69) is 11.8 Å². The third kappa shape index (κ3) is 3.46. The highest BCUT2D eigenvalue weighted by Crippen LogP contribution is 2.42. The Hall–Kier alpha value is -0.220. The number of carbonyl (C=O) groups is 1. The van der Waals surface area contributed by atoms with Crippen LogP contribution < -0.4 is 0 Å². The van der Waals surface area contributed by atoms with Gasteiger partial charge in [-0.25, -0.2) is 0 Å². The monoisotopic (exact) mass is 285 g/mol. The molecule has 0 spiro atoms. The van der Waals surface area contributed by atoms with E-state index in [0.29, 0.717) is 18.3 Å². The molecule has 19 heavy (non-hydrogen) atoms. The van der Waals surface area contributed by atoms with E-state index < -0.39 is 0 Å². The van der Waals surface area contributed by atoms with Crippen molar-refractivity contribution in [2.75, 3.05) is 25.4 Å². The van der Waals surface area contributed by atoms with Crippen molar-refractivity contribution in [3.8, 4) is 0 Å². The molecule has 2 rings (SSSR count). The number of thioether (sulfide) groups is 1. The van der Waals surface area contributed by atoms with Crippen molar-refractivity contribution < 1.29 is 9.53 Å². The second-order valence-electron chi connectivity index (χ2n) is 5.75. The Balaban J connectivity index is 2.13. The fraction of sp³-hybridized carbons (Fsp3) is 0.933. The number of hydrogen-bond acceptors (Lipinski definition) is 4. The van der Waals surface area contributed by atoms with Gasteiger partial charge < -0.3 is 4.74 Å². The number of hydrogen-bond donors (Lipinski definition) is 0. The van der Waals surface area contributed by atoms with Crippen molar-refractivity contribution in [1.29, 1.82) is 0 Å². The first kappa shape index (κ1) is 15.2. The zero-order valence-electron chi connectivity index (χ0n) is 12.3. The van der Waals surface area contributed by atoms with E-state index in [-0.39, 0.29) is 11.5 Å². The lowest BCUT2D eigenvalue weighted by Gasteiger charge is -2.51. The summed E-state index contributed by atoms with van der Waals surface area (Å²) in [4.78, 5) is 14.6. The van der Waals surface area contributed by atoms with Crippen LogP contribution >= 0.6 is 11.8 Å². The van der Waals surface area contributed by atoms with Crippen LogP contribution in [-0.2, 0) is 9.53 Å². The molecule has 0 bridgehead atoms. The van der Waals surface area contributed by atoms with E-state index in [1.807, 2.05) is 18.7 Å². The predicted molar refractivity (Wildman–Crippen MR) is 80.6 cm³/mol. The Morgan fingerprint density at radius 1 is 1.32 bits per heavy atom. The van der Waals surface area contributed by atoms with Crippen molar-refractivity contribution in [2.45, 2.75) is 63.2 Å². The summed E-state index contributed by atoms with van der Waals surface area (Å²) in [5.41, 5.74) is 0.0512. The SMILES string of the molecule is CCOC(=O)CC1(N2CCCCC2)CCCSC1C. The van der Waals surface area contributed by atoms with Crippen LogP contribution in [0.2, 0.25) is 0 Å². The minimum atomic E-state index is -0.0116. The highest BCUT2D eigenvalue weighted by atomic mass is 32.2. The number of carbonyl (C=O) groups excluding carboxylic acids is 1. The van der Waals surface area contributed by atoms with Gasteiger partial charge in [0.15, 0.2) is 0 Å². The largest absolute Gasteiger partial charge is 0.466 e. The maximum Gasteiger partial charge on any atom is 0.307 e. The van der Waals surface area contributed by atoms with E-state index in [1.54, 1.807) is 0 Å². The summed E-state index contributed by atoms with van der Waals surface area (Å²) in [7, 11) is 0. The van der Waals surface area contributed by atoms with Crippen LogP contribution in [0.15, 0.2) is 0 Å². The summed E-state index contributed by atoms with van der Waals surface area (Å²) in [6, 6.07) is 0. The normalized spacial score (nSPS) is 33.1. The minimum Gasteiger partial charge on any atom is -0.466 e. The first-order chi connectivity index (χ1) is 9.19. The zero-order valence-corrected chi connectivity index (χ0v) is 13.1. The Morgan fingerprint density at radius 2 is 2.05 bits per heavy atom. The van der Waals surface area contributed by atoms with Gasteiger partial charge in [0, 0.05) is 10.8 Å². The van der Waals surface area contributed by atoms with Gasteiger partial charge in [0.1, 0.15) is 0 Å².